The number of pyridine rings is 2. The molecule has 10 nitrogen and oxygen atoms in total. The van der Waals surface area contributed by atoms with Crippen molar-refractivity contribution in [2.24, 2.45) is 5.73 Å². The number of rotatable bonds is 6. The highest BCUT2D eigenvalue weighted by atomic mass is 35.5. The summed E-state index contributed by atoms with van der Waals surface area (Å²) in [7, 11) is 1.65. The Bertz CT molecular complexity index is 1850. The maximum Gasteiger partial charge on any atom is 0.407 e. The number of halogens is 3. The first-order chi connectivity index (χ1) is 21.3. The summed E-state index contributed by atoms with van der Waals surface area (Å²) in [4.78, 5) is 29.6. The van der Waals surface area contributed by atoms with Crippen molar-refractivity contribution in [1.29, 1.82) is 0 Å². The Labute approximate surface area is 292 Å². The molecule has 2 aliphatic rings. The van der Waals surface area contributed by atoms with Crippen LogP contribution in [0.3, 0.4) is 0 Å². The summed E-state index contributed by atoms with van der Waals surface area (Å²) in [5, 5.41) is 9.37. The van der Waals surface area contributed by atoms with Crippen LogP contribution < -0.4 is 16.4 Å². The number of benzene rings is 2. The van der Waals surface area contributed by atoms with Crippen LogP contribution in [0.15, 0.2) is 79.0 Å². The quantitative estimate of drug-likeness (QED) is 0.174. The molecule has 47 heavy (non-hydrogen) atoms. The maximum absolute atomic E-state index is 11.4. The minimum atomic E-state index is -0.877. The van der Waals surface area contributed by atoms with Crippen LogP contribution in [0.2, 0.25) is 0 Å². The Kier molecular flexibility index (Phi) is 10.9. The number of hydrogen-bond donors (Lipinski definition) is 3. The minimum absolute atomic E-state index is 0. The predicted octanol–water partition coefficient (Wildman–Crippen LogP) is 6.91. The van der Waals surface area contributed by atoms with Gasteiger partial charge in [0.1, 0.15) is 11.3 Å². The van der Waals surface area contributed by atoms with Crippen LogP contribution in [-0.4, -0.2) is 61.8 Å². The van der Waals surface area contributed by atoms with Crippen molar-refractivity contribution in [2.45, 2.75) is 43.7 Å². The first-order valence-corrected chi connectivity index (χ1v) is 15.1. The summed E-state index contributed by atoms with van der Waals surface area (Å²) in [5.41, 5.74) is 19.9. The molecular weight excluding hydrogens is 659 g/mol. The van der Waals surface area contributed by atoms with Crippen molar-refractivity contribution in [1.82, 2.24) is 24.4 Å². The fourth-order valence-electron chi connectivity index (χ4n) is 6.47. The van der Waals surface area contributed by atoms with E-state index >= 15 is 0 Å². The first kappa shape index (κ1) is 35.8. The number of imidazole rings is 1. The third-order valence-electron chi connectivity index (χ3n) is 9.35. The highest BCUT2D eigenvalue weighted by molar-refractivity contribution is 5.86. The molecule has 7 rings (SSSR count). The zero-order valence-electron chi connectivity index (χ0n) is 26.0. The second kappa shape index (κ2) is 14.4. The third kappa shape index (κ3) is 6.69. The molecule has 1 aliphatic heterocycles. The molecule has 1 aliphatic carbocycles. The van der Waals surface area contributed by atoms with Gasteiger partial charge in [0.05, 0.1) is 11.3 Å². The lowest BCUT2D eigenvalue weighted by Gasteiger charge is -2.38. The van der Waals surface area contributed by atoms with Crippen molar-refractivity contribution in [3.8, 4) is 28.3 Å². The van der Waals surface area contributed by atoms with E-state index in [4.69, 9.17) is 21.4 Å². The van der Waals surface area contributed by atoms with E-state index in [-0.39, 0.29) is 48.8 Å². The Morgan fingerprint density at radius 1 is 0.936 bits per heavy atom. The lowest BCUT2D eigenvalue weighted by Crippen LogP contribution is -2.45. The van der Waals surface area contributed by atoms with E-state index in [0.29, 0.717) is 11.6 Å². The van der Waals surface area contributed by atoms with Crippen LogP contribution in [0, 0.1) is 0 Å². The number of hydrogen-bond acceptors (Lipinski definition) is 7. The molecule has 4 heterocycles. The van der Waals surface area contributed by atoms with E-state index in [1.54, 1.807) is 13.2 Å². The molecule has 1 saturated heterocycles. The fourth-order valence-corrected chi connectivity index (χ4v) is 6.47. The summed E-state index contributed by atoms with van der Waals surface area (Å²) in [6.07, 6.45) is 5.54. The molecule has 2 aromatic carbocycles. The first-order valence-electron chi connectivity index (χ1n) is 15.1. The van der Waals surface area contributed by atoms with Crippen molar-refractivity contribution >= 4 is 66.0 Å². The van der Waals surface area contributed by atoms with Gasteiger partial charge in [0.25, 0.3) is 0 Å². The van der Waals surface area contributed by atoms with E-state index in [0.717, 1.165) is 90.1 Å². The van der Waals surface area contributed by atoms with Gasteiger partial charge in [-0.3, -0.25) is 4.57 Å². The van der Waals surface area contributed by atoms with Gasteiger partial charge < -0.3 is 26.4 Å². The largest absolute Gasteiger partial charge is 0.465 e. The normalized spacial score (nSPS) is 15.5. The molecule has 0 bridgehead atoms. The van der Waals surface area contributed by atoms with Gasteiger partial charge in [-0.05, 0) is 86.2 Å². The van der Waals surface area contributed by atoms with Crippen molar-refractivity contribution in [2.75, 3.05) is 30.8 Å². The average Bonchev–Trinajstić information content (AvgIpc) is 3.42. The molecule has 0 radical (unpaired) electrons. The van der Waals surface area contributed by atoms with Crippen LogP contribution in [0.25, 0.3) is 39.5 Å². The van der Waals surface area contributed by atoms with Gasteiger partial charge >= 0.3 is 6.09 Å². The van der Waals surface area contributed by atoms with Gasteiger partial charge in [0.2, 0.25) is 0 Å². The Balaban J connectivity index is 0.00000167. The Hall–Kier alpha value is -4.09. The number of carboxylic acid groups (broad SMARTS) is 1. The maximum atomic E-state index is 11.4. The molecule has 248 valence electrons. The summed E-state index contributed by atoms with van der Waals surface area (Å²) in [6, 6.07) is 24.6. The molecule has 13 heteroatoms. The number of anilines is 2. The van der Waals surface area contributed by atoms with E-state index in [1.165, 1.54) is 4.90 Å². The number of fused-ring (bicyclic) bond motifs is 1. The number of amides is 1. The number of nitrogens with zero attached hydrogens (tertiary/aromatic N) is 6. The topological polar surface area (TPSA) is 139 Å². The molecule has 2 fully saturated rings. The van der Waals surface area contributed by atoms with Crippen LogP contribution in [0.4, 0.5) is 16.3 Å². The van der Waals surface area contributed by atoms with E-state index < -0.39 is 6.09 Å². The van der Waals surface area contributed by atoms with Crippen LogP contribution in [0.5, 0.6) is 0 Å². The number of piperidine rings is 1. The molecular formula is C34H39Cl3N8O2. The van der Waals surface area contributed by atoms with Gasteiger partial charge in [-0.2, -0.15) is 0 Å². The van der Waals surface area contributed by atoms with Crippen molar-refractivity contribution < 1.29 is 9.90 Å². The molecule has 0 atom stereocenters. The summed E-state index contributed by atoms with van der Waals surface area (Å²) < 4.78 is 2.05. The Morgan fingerprint density at radius 3 is 2.30 bits per heavy atom. The Morgan fingerprint density at radius 2 is 1.66 bits per heavy atom. The molecule has 1 saturated carbocycles. The highest BCUT2D eigenvalue weighted by Gasteiger charge is 2.34. The van der Waals surface area contributed by atoms with E-state index in [2.05, 4.69) is 52.3 Å². The summed E-state index contributed by atoms with van der Waals surface area (Å²) in [6.45, 7) is 1.59. The minimum Gasteiger partial charge on any atom is -0.465 e. The highest BCUT2D eigenvalue weighted by Crippen LogP contribution is 2.39. The second-order valence-corrected chi connectivity index (χ2v) is 12.0. The predicted molar refractivity (Wildman–Crippen MR) is 194 cm³/mol. The van der Waals surface area contributed by atoms with Gasteiger partial charge in [-0.15, -0.1) is 37.2 Å². The average molecular weight is 698 g/mol. The number of aromatic nitrogens is 4. The molecule has 3 aromatic heterocycles. The zero-order chi connectivity index (χ0) is 30.4. The summed E-state index contributed by atoms with van der Waals surface area (Å²) in [5.74, 6) is 1.08. The van der Waals surface area contributed by atoms with Crippen molar-refractivity contribution in [3.63, 3.8) is 0 Å². The number of nitrogen functional groups attached to an aromatic ring is 1. The number of carbonyl (C=O) groups is 1. The van der Waals surface area contributed by atoms with Gasteiger partial charge in [-0.1, -0.05) is 24.3 Å². The number of nitrogens with two attached hydrogens (primary N) is 2. The van der Waals surface area contributed by atoms with Crippen LogP contribution >= 0.6 is 37.2 Å². The van der Waals surface area contributed by atoms with Crippen LogP contribution in [-0.2, 0) is 5.54 Å². The van der Waals surface area contributed by atoms with Gasteiger partial charge in [-0.25, -0.2) is 19.7 Å². The molecule has 0 spiro atoms. The SMILES string of the molecule is CN(C(=O)O)C1CCN(c2cccc(-c3ccc4nc(-c5cccnc5N)n(-c5ccc(C6(N)CCC6)cc5)c4n3)c2)CC1.Cl.Cl.Cl. The molecule has 1 amide bonds. The van der Waals surface area contributed by atoms with E-state index in [9.17, 15) is 9.90 Å². The molecule has 5 N–H and O–H groups in total. The summed E-state index contributed by atoms with van der Waals surface area (Å²) >= 11 is 0. The zero-order valence-corrected chi connectivity index (χ0v) is 28.4. The lowest BCUT2D eigenvalue weighted by molar-refractivity contribution is 0.131. The fraction of sp³-hybridized carbons (Fsp3) is 0.294. The lowest BCUT2D eigenvalue weighted by atomic mass is 9.73. The van der Waals surface area contributed by atoms with Crippen molar-refractivity contribution in [3.05, 3.63) is 84.6 Å². The molecule has 0 unspecified atom stereocenters. The monoisotopic (exact) mass is 696 g/mol. The van der Waals surface area contributed by atoms with E-state index in [1.807, 2.05) is 34.9 Å². The second-order valence-electron chi connectivity index (χ2n) is 12.0. The molecule has 5 aromatic rings. The standard InChI is InChI=1S/C34H36N8O2.3ClH/c1-40(33(43)44)24-14-19-41(20-15-24)26-6-2-5-22(21-26)28-12-13-29-32(38-28)42(31(39-29)27-7-3-18-37-30(27)35)25-10-8-23(9-11-25)34(36)16-4-17-34;;;/h2-3,5-13,18,21,24H,4,14-17,19-20,36H2,1H3,(H2,35,37)(H,43,44);3*1H. The van der Waals surface area contributed by atoms with Gasteiger partial charge in [0.15, 0.2) is 11.5 Å². The van der Waals surface area contributed by atoms with Gasteiger partial charge in [0, 0.05) is 54.9 Å². The smallest absolute Gasteiger partial charge is 0.407 e. The third-order valence-corrected chi connectivity index (χ3v) is 9.35. The van der Waals surface area contributed by atoms with Crippen LogP contribution in [0.1, 0.15) is 37.7 Å².